The van der Waals surface area contributed by atoms with Crippen molar-refractivity contribution in [2.45, 2.75) is 63.0 Å². The van der Waals surface area contributed by atoms with Gasteiger partial charge in [0.2, 0.25) is 5.88 Å². The monoisotopic (exact) mass is 463 g/mol. The molecule has 2 aliphatic carbocycles. The van der Waals surface area contributed by atoms with Crippen LogP contribution in [0.2, 0.25) is 0 Å². The molecule has 3 heterocycles. The Labute approximate surface area is 198 Å². The Morgan fingerprint density at radius 3 is 2.48 bits per heavy atom. The fourth-order valence-corrected chi connectivity index (χ4v) is 5.40. The van der Waals surface area contributed by atoms with Crippen LogP contribution in [-0.2, 0) is 4.79 Å². The molecule has 3 aliphatic rings. The van der Waals surface area contributed by atoms with E-state index in [4.69, 9.17) is 21.7 Å². The van der Waals surface area contributed by atoms with Crippen LogP contribution in [0.5, 0.6) is 11.6 Å². The van der Waals surface area contributed by atoms with E-state index in [-0.39, 0.29) is 17.7 Å². The molecule has 9 heteroatoms. The molecule has 0 bridgehead atoms. The number of thiocarbonyl (C=S) groups is 1. The normalized spacial score (nSPS) is 20.0. The highest BCUT2D eigenvalue weighted by Gasteiger charge is 2.59. The predicted octanol–water partition coefficient (Wildman–Crippen LogP) is 4.13. The first kappa shape index (κ1) is 21.6. The van der Waals surface area contributed by atoms with Crippen LogP contribution in [0.15, 0.2) is 30.6 Å². The lowest BCUT2D eigenvalue weighted by Crippen LogP contribution is -2.55. The average molecular weight is 464 g/mol. The average Bonchev–Trinajstić information content (AvgIpc) is 3.06. The van der Waals surface area contributed by atoms with Crippen LogP contribution < -0.4 is 19.3 Å². The number of nitrogens with zero attached hydrogens (tertiary/aromatic N) is 5. The smallest absolute Gasteiger partial charge is 0.259 e. The van der Waals surface area contributed by atoms with Crippen molar-refractivity contribution >= 4 is 34.6 Å². The highest BCUT2D eigenvalue weighted by Crippen LogP contribution is 2.48. The first-order chi connectivity index (χ1) is 16.1. The van der Waals surface area contributed by atoms with Gasteiger partial charge in [-0.3, -0.25) is 9.69 Å². The Morgan fingerprint density at radius 1 is 1.12 bits per heavy atom. The van der Waals surface area contributed by atoms with Crippen LogP contribution in [-0.4, -0.2) is 39.7 Å². The van der Waals surface area contributed by atoms with Gasteiger partial charge in [-0.05, 0) is 63.2 Å². The number of pyridine rings is 2. The van der Waals surface area contributed by atoms with Crippen LogP contribution in [0.4, 0.5) is 11.4 Å². The van der Waals surface area contributed by atoms with Gasteiger partial charge in [-0.25, -0.2) is 9.97 Å². The zero-order valence-corrected chi connectivity index (χ0v) is 19.3. The minimum absolute atomic E-state index is 0.0881. The Hall–Kier alpha value is -3.25. The van der Waals surface area contributed by atoms with E-state index in [0.29, 0.717) is 35.3 Å². The van der Waals surface area contributed by atoms with Gasteiger partial charge < -0.3 is 14.4 Å². The lowest BCUT2D eigenvalue weighted by Gasteiger charge is -2.42. The molecule has 5 rings (SSSR count). The third-order valence-corrected chi connectivity index (χ3v) is 7.20. The van der Waals surface area contributed by atoms with Crippen molar-refractivity contribution < 1.29 is 14.3 Å². The summed E-state index contributed by atoms with van der Waals surface area (Å²) in [6.07, 6.45) is 11.6. The summed E-state index contributed by atoms with van der Waals surface area (Å²) < 4.78 is 11.3. The highest BCUT2D eigenvalue weighted by atomic mass is 32.1. The first-order valence-electron chi connectivity index (χ1n) is 11.3. The maximum atomic E-state index is 13.6. The molecule has 2 aromatic heterocycles. The summed E-state index contributed by atoms with van der Waals surface area (Å²) in [6, 6.07) is 7.40. The maximum absolute atomic E-state index is 13.6. The van der Waals surface area contributed by atoms with Gasteiger partial charge in [0.15, 0.2) is 16.6 Å². The predicted molar refractivity (Wildman–Crippen MR) is 126 cm³/mol. The molecule has 1 aliphatic heterocycles. The number of carbonyl (C=O) groups excluding carboxylic acids is 1. The minimum atomic E-state index is -0.717. The summed E-state index contributed by atoms with van der Waals surface area (Å²) in [5.41, 5.74) is 0.692. The topological polar surface area (TPSA) is 91.6 Å². The van der Waals surface area contributed by atoms with Crippen molar-refractivity contribution in [3.8, 4) is 17.7 Å². The van der Waals surface area contributed by atoms with Gasteiger partial charge in [0.1, 0.15) is 17.7 Å². The molecule has 8 nitrogen and oxygen atoms in total. The summed E-state index contributed by atoms with van der Waals surface area (Å²) in [5.74, 6) is 0.815. The molecule has 0 radical (unpaired) electrons. The second kappa shape index (κ2) is 8.60. The van der Waals surface area contributed by atoms with Crippen molar-refractivity contribution in [2.75, 3.05) is 16.9 Å². The number of carbonyl (C=O) groups is 1. The van der Waals surface area contributed by atoms with Gasteiger partial charge in [0.25, 0.3) is 5.91 Å². The van der Waals surface area contributed by atoms with E-state index >= 15 is 0 Å². The standard InChI is InChI=1S/C24H25N5O3S/c1-31-20-12-17(15-26-19(20)13-25)28-22(30)24(10-5-11-24)29(23(28)33)16-8-9-21(27-14-16)32-18-6-3-2-4-7-18/h8-9,12,14-15,18H,2-7,10-11H2,1H3. The van der Waals surface area contributed by atoms with Gasteiger partial charge in [-0.1, -0.05) is 6.42 Å². The molecular formula is C24H25N5O3S. The van der Waals surface area contributed by atoms with Crippen molar-refractivity contribution in [2.24, 2.45) is 0 Å². The van der Waals surface area contributed by atoms with Gasteiger partial charge >= 0.3 is 0 Å². The molecular weight excluding hydrogens is 438 g/mol. The summed E-state index contributed by atoms with van der Waals surface area (Å²) in [6.45, 7) is 0. The summed E-state index contributed by atoms with van der Waals surface area (Å²) >= 11 is 5.79. The number of anilines is 2. The zero-order valence-electron chi connectivity index (χ0n) is 18.5. The zero-order chi connectivity index (χ0) is 23.0. The van der Waals surface area contributed by atoms with E-state index in [1.165, 1.54) is 37.5 Å². The van der Waals surface area contributed by atoms with Crippen LogP contribution in [0.25, 0.3) is 0 Å². The SMILES string of the molecule is COc1cc(N2C(=O)C3(CCC3)N(c3ccc(OC4CCCCC4)nc3)C2=S)cnc1C#N. The van der Waals surface area contributed by atoms with E-state index < -0.39 is 5.54 Å². The maximum Gasteiger partial charge on any atom is 0.259 e. The Bertz CT molecular complexity index is 1120. The van der Waals surface area contributed by atoms with Gasteiger partial charge in [-0.2, -0.15) is 5.26 Å². The number of nitriles is 1. The van der Waals surface area contributed by atoms with Gasteiger partial charge in [0, 0.05) is 12.1 Å². The number of amides is 1. The quantitative estimate of drug-likeness (QED) is 0.612. The van der Waals surface area contributed by atoms with E-state index in [9.17, 15) is 10.1 Å². The largest absolute Gasteiger partial charge is 0.494 e. The molecule has 0 unspecified atom stereocenters. The van der Waals surface area contributed by atoms with Gasteiger partial charge in [-0.15, -0.1) is 0 Å². The van der Waals surface area contributed by atoms with Gasteiger partial charge in [0.05, 0.1) is 30.9 Å². The van der Waals surface area contributed by atoms with Crippen LogP contribution >= 0.6 is 12.2 Å². The third kappa shape index (κ3) is 3.59. The van der Waals surface area contributed by atoms with Crippen LogP contribution in [0.1, 0.15) is 57.1 Å². The number of aromatic nitrogens is 2. The van der Waals surface area contributed by atoms with Crippen LogP contribution in [0, 0.1) is 11.3 Å². The Morgan fingerprint density at radius 2 is 1.88 bits per heavy atom. The molecule has 1 amide bonds. The van der Waals surface area contributed by atoms with E-state index in [1.54, 1.807) is 12.3 Å². The van der Waals surface area contributed by atoms with E-state index in [2.05, 4.69) is 9.97 Å². The Kier molecular flexibility index (Phi) is 5.62. The minimum Gasteiger partial charge on any atom is -0.494 e. The van der Waals surface area contributed by atoms with Crippen molar-refractivity contribution in [3.05, 3.63) is 36.3 Å². The van der Waals surface area contributed by atoms with Crippen LogP contribution in [0.3, 0.4) is 0 Å². The molecule has 0 atom stereocenters. The molecule has 1 saturated heterocycles. The summed E-state index contributed by atoms with van der Waals surface area (Å²) in [4.78, 5) is 25.7. The number of hydrogen-bond acceptors (Lipinski definition) is 7. The van der Waals surface area contributed by atoms with E-state index in [0.717, 1.165) is 24.9 Å². The highest BCUT2D eigenvalue weighted by molar-refractivity contribution is 7.81. The first-order valence-corrected chi connectivity index (χ1v) is 11.7. The fraction of sp³-hybridized carbons (Fsp3) is 0.458. The number of ether oxygens (including phenoxy) is 2. The molecule has 170 valence electrons. The van der Waals surface area contributed by atoms with Crippen molar-refractivity contribution in [3.63, 3.8) is 0 Å². The van der Waals surface area contributed by atoms with Crippen molar-refractivity contribution in [1.29, 1.82) is 5.26 Å². The van der Waals surface area contributed by atoms with E-state index in [1.807, 2.05) is 23.1 Å². The molecule has 2 saturated carbocycles. The Balaban J connectivity index is 1.44. The number of rotatable bonds is 5. The summed E-state index contributed by atoms with van der Waals surface area (Å²) in [7, 11) is 1.47. The lowest BCUT2D eigenvalue weighted by molar-refractivity contribution is -0.123. The molecule has 2 aromatic rings. The third-order valence-electron chi connectivity index (χ3n) is 6.83. The number of methoxy groups -OCH3 is 1. The lowest BCUT2D eigenvalue weighted by atomic mass is 9.75. The molecule has 3 fully saturated rings. The second-order valence-electron chi connectivity index (χ2n) is 8.73. The fourth-order valence-electron chi connectivity index (χ4n) is 4.93. The summed E-state index contributed by atoms with van der Waals surface area (Å²) in [5, 5.41) is 9.60. The molecule has 0 aromatic carbocycles. The second-order valence-corrected chi connectivity index (χ2v) is 9.10. The van der Waals surface area contributed by atoms with Crippen molar-refractivity contribution in [1.82, 2.24) is 9.97 Å². The molecule has 1 spiro atoms. The molecule has 0 N–H and O–H groups in total. The molecule has 33 heavy (non-hydrogen) atoms. The number of hydrogen-bond donors (Lipinski definition) is 0.